The Hall–Kier alpha value is -2.09. The van der Waals surface area contributed by atoms with Gasteiger partial charge in [-0.1, -0.05) is 17.8 Å². The van der Waals surface area contributed by atoms with Crippen LogP contribution in [0.2, 0.25) is 0 Å². The van der Waals surface area contributed by atoms with Gasteiger partial charge in [0.1, 0.15) is 16.5 Å². The molecule has 2 rings (SSSR count). The molecule has 0 atom stereocenters. The monoisotopic (exact) mass is 317 g/mol. The summed E-state index contributed by atoms with van der Waals surface area (Å²) in [7, 11) is 0. The van der Waals surface area contributed by atoms with E-state index in [4.69, 9.17) is 5.11 Å². The minimum absolute atomic E-state index is 0.0775. The molecule has 0 aliphatic rings. The predicted molar refractivity (Wildman–Crippen MR) is 66.7 cm³/mol. The largest absolute Gasteiger partial charge is 0.478 e. The normalized spacial score (nSPS) is 11.4. The average molecular weight is 317 g/mol. The maximum absolute atomic E-state index is 13.6. The first-order chi connectivity index (χ1) is 9.77. The lowest BCUT2D eigenvalue weighted by atomic mass is 10.2. The van der Waals surface area contributed by atoms with Crippen molar-refractivity contribution in [2.75, 3.05) is 0 Å². The zero-order valence-electron chi connectivity index (χ0n) is 10.2. The maximum atomic E-state index is 13.6. The summed E-state index contributed by atoms with van der Waals surface area (Å²) in [5.74, 6) is -1.99. The molecule has 21 heavy (non-hydrogen) atoms. The minimum Gasteiger partial charge on any atom is -0.478 e. The topological polar surface area (TPSA) is 50.2 Å². The fourth-order valence-corrected chi connectivity index (χ4v) is 2.32. The van der Waals surface area contributed by atoms with Crippen molar-refractivity contribution < 1.29 is 27.5 Å². The highest BCUT2D eigenvalue weighted by Crippen LogP contribution is 2.33. The number of rotatable bonds is 3. The van der Waals surface area contributed by atoms with Gasteiger partial charge in [-0.3, -0.25) is 0 Å². The average Bonchev–Trinajstić information content (AvgIpc) is 2.40. The van der Waals surface area contributed by atoms with Crippen molar-refractivity contribution in [3.63, 3.8) is 0 Å². The second-order valence-corrected chi connectivity index (χ2v) is 4.97. The number of carbonyl (C=O) groups is 1. The first-order valence-corrected chi connectivity index (χ1v) is 6.34. The van der Waals surface area contributed by atoms with Gasteiger partial charge < -0.3 is 5.11 Å². The molecule has 1 aromatic heterocycles. The third-order valence-electron chi connectivity index (χ3n) is 2.41. The van der Waals surface area contributed by atoms with Gasteiger partial charge in [0, 0.05) is 0 Å². The zero-order valence-corrected chi connectivity index (χ0v) is 11.0. The van der Waals surface area contributed by atoms with Gasteiger partial charge in [0.25, 0.3) is 0 Å². The van der Waals surface area contributed by atoms with E-state index in [0.717, 1.165) is 30.3 Å². The summed E-state index contributed by atoms with van der Waals surface area (Å²) in [5, 5.41) is 8.74. The van der Waals surface area contributed by atoms with E-state index < -0.39 is 23.7 Å². The second-order valence-electron chi connectivity index (χ2n) is 3.91. The molecular formula is C13H7F4NO2S. The summed E-state index contributed by atoms with van der Waals surface area (Å²) in [6.45, 7) is 0. The Morgan fingerprint density at radius 2 is 1.90 bits per heavy atom. The first kappa shape index (κ1) is 15.3. The van der Waals surface area contributed by atoms with Crippen LogP contribution in [0.5, 0.6) is 0 Å². The van der Waals surface area contributed by atoms with Crippen molar-refractivity contribution in [2.24, 2.45) is 0 Å². The van der Waals surface area contributed by atoms with Crippen LogP contribution in [0.4, 0.5) is 17.6 Å². The molecule has 1 aromatic carbocycles. The Morgan fingerprint density at radius 1 is 1.19 bits per heavy atom. The third-order valence-corrected chi connectivity index (χ3v) is 3.38. The summed E-state index contributed by atoms with van der Waals surface area (Å²) < 4.78 is 51.2. The van der Waals surface area contributed by atoms with Crippen LogP contribution in [0.25, 0.3) is 0 Å². The number of aromatic nitrogens is 1. The molecule has 8 heteroatoms. The van der Waals surface area contributed by atoms with E-state index in [9.17, 15) is 22.4 Å². The fraction of sp³-hybridized carbons (Fsp3) is 0.0769. The number of hydrogen-bond acceptors (Lipinski definition) is 3. The van der Waals surface area contributed by atoms with Gasteiger partial charge in [0.15, 0.2) is 0 Å². The molecule has 0 unspecified atom stereocenters. The zero-order chi connectivity index (χ0) is 15.6. The highest BCUT2D eigenvalue weighted by molar-refractivity contribution is 7.99. The van der Waals surface area contributed by atoms with Gasteiger partial charge in [-0.05, 0) is 30.3 Å². The molecule has 1 heterocycles. The molecule has 0 bridgehead atoms. The SMILES string of the molecule is O=C(O)c1ccc(F)c(Sc2cccc(C(F)(F)F)n2)c1. The highest BCUT2D eigenvalue weighted by Gasteiger charge is 2.32. The van der Waals surface area contributed by atoms with Crippen LogP contribution in [0.3, 0.4) is 0 Å². The Kier molecular flexibility index (Phi) is 4.17. The summed E-state index contributed by atoms with van der Waals surface area (Å²) in [4.78, 5) is 14.1. The van der Waals surface area contributed by atoms with Crippen LogP contribution in [0.15, 0.2) is 46.3 Å². The first-order valence-electron chi connectivity index (χ1n) is 5.52. The number of carboxylic acids is 1. The van der Waals surface area contributed by atoms with Crippen molar-refractivity contribution in [3.05, 3.63) is 53.5 Å². The molecule has 0 spiro atoms. The predicted octanol–water partition coefficient (Wildman–Crippen LogP) is 4.09. The van der Waals surface area contributed by atoms with Gasteiger partial charge in [0.05, 0.1) is 10.5 Å². The molecule has 0 fully saturated rings. The summed E-state index contributed by atoms with van der Waals surface area (Å²) in [5.41, 5.74) is -1.26. The molecule has 0 radical (unpaired) electrons. The highest BCUT2D eigenvalue weighted by atomic mass is 32.2. The molecule has 2 aromatic rings. The number of pyridine rings is 1. The molecule has 3 nitrogen and oxygen atoms in total. The smallest absolute Gasteiger partial charge is 0.433 e. The number of carboxylic acid groups (broad SMARTS) is 1. The number of benzene rings is 1. The van der Waals surface area contributed by atoms with E-state index in [0.29, 0.717) is 11.8 Å². The van der Waals surface area contributed by atoms with E-state index in [2.05, 4.69) is 4.98 Å². The standard InChI is InChI=1S/C13H7F4NO2S/c14-8-5-4-7(12(19)20)6-9(8)21-11-3-1-2-10(18-11)13(15,16)17/h1-6H,(H,19,20). The Morgan fingerprint density at radius 3 is 2.52 bits per heavy atom. The number of halogens is 4. The van der Waals surface area contributed by atoms with E-state index in [-0.39, 0.29) is 15.5 Å². The Labute approximate surface area is 120 Å². The fourth-order valence-electron chi connectivity index (χ4n) is 1.46. The molecule has 0 saturated heterocycles. The van der Waals surface area contributed by atoms with Gasteiger partial charge in [-0.15, -0.1) is 0 Å². The van der Waals surface area contributed by atoms with E-state index >= 15 is 0 Å². The minimum atomic E-state index is -4.60. The molecule has 0 saturated carbocycles. The van der Waals surface area contributed by atoms with Crippen molar-refractivity contribution in [1.82, 2.24) is 4.98 Å². The third kappa shape index (κ3) is 3.72. The lowest BCUT2D eigenvalue weighted by Crippen LogP contribution is -2.07. The van der Waals surface area contributed by atoms with Crippen LogP contribution in [0.1, 0.15) is 16.1 Å². The van der Waals surface area contributed by atoms with E-state index in [1.54, 1.807) is 0 Å². The van der Waals surface area contributed by atoms with Crippen LogP contribution < -0.4 is 0 Å². The number of hydrogen-bond donors (Lipinski definition) is 1. The maximum Gasteiger partial charge on any atom is 0.433 e. The summed E-state index contributed by atoms with van der Waals surface area (Å²) in [6.07, 6.45) is -4.60. The van der Waals surface area contributed by atoms with Crippen LogP contribution in [-0.4, -0.2) is 16.1 Å². The van der Waals surface area contributed by atoms with Crippen molar-refractivity contribution in [1.29, 1.82) is 0 Å². The van der Waals surface area contributed by atoms with Crippen molar-refractivity contribution in [2.45, 2.75) is 16.1 Å². The second kappa shape index (κ2) is 5.72. The quantitative estimate of drug-likeness (QED) is 0.866. The van der Waals surface area contributed by atoms with Crippen molar-refractivity contribution >= 4 is 17.7 Å². The number of aromatic carboxylic acids is 1. The van der Waals surface area contributed by atoms with E-state index in [1.165, 1.54) is 6.07 Å². The van der Waals surface area contributed by atoms with Crippen LogP contribution in [0, 0.1) is 5.82 Å². The van der Waals surface area contributed by atoms with Crippen LogP contribution in [-0.2, 0) is 6.18 Å². The van der Waals surface area contributed by atoms with Crippen molar-refractivity contribution in [3.8, 4) is 0 Å². The molecule has 1 N–H and O–H groups in total. The lowest BCUT2D eigenvalue weighted by Gasteiger charge is -2.08. The molecule has 0 aliphatic carbocycles. The molecule has 0 amide bonds. The van der Waals surface area contributed by atoms with Gasteiger partial charge in [-0.25, -0.2) is 14.2 Å². The van der Waals surface area contributed by atoms with Gasteiger partial charge in [-0.2, -0.15) is 13.2 Å². The molecule has 110 valence electrons. The molecular weight excluding hydrogens is 310 g/mol. The van der Waals surface area contributed by atoms with E-state index in [1.807, 2.05) is 0 Å². The summed E-state index contributed by atoms with van der Waals surface area (Å²) in [6, 6.07) is 6.29. The van der Waals surface area contributed by atoms with Crippen LogP contribution >= 0.6 is 11.8 Å². The van der Waals surface area contributed by atoms with Gasteiger partial charge >= 0.3 is 12.1 Å². The number of alkyl halides is 3. The lowest BCUT2D eigenvalue weighted by molar-refractivity contribution is -0.141. The Balaban J connectivity index is 2.34. The summed E-state index contributed by atoms with van der Waals surface area (Å²) >= 11 is 0.627. The Bertz CT molecular complexity index is 688. The van der Waals surface area contributed by atoms with Gasteiger partial charge in [0.2, 0.25) is 0 Å². The molecule has 0 aliphatic heterocycles. The number of nitrogens with zero attached hydrogens (tertiary/aromatic N) is 1.